The van der Waals surface area contributed by atoms with Crippen LogP contribution in [0.2, 0.25) is 0 Å². The lowest BCUT2D eigenvalue weighted by molar-refractivity contribution is -0.148. The molecule has 0 radical (unpaired) electrons. The molecule has 2 atom stereocenters. The first-order chi connectivity index (χ1) is 10.6. The molecule has 3 rings (SSSR count). The van der Waals surface area contributed by atoms with Crippen LogP contribution in [-0.4, -0.2) is 44.4 Å². The van der Waals surface area contributed by atoms with Gasteiger partial charge >= 0.3 is 5.97 Å². The van der Waals surface area contributed by atoms with E-state index >= 15 is 0 Å². The average Bonchev–Trinajstić information content (AvgIpc) is 2.90. The number of piperidine rings is 1. The number of carbonyl (C=O) groups excluding carboxylic acids is 1. The largest absolute Gasteiger partial charge is 0.481 e. The van der Waals surface area contributed by atoms with Crippen LogP contribution in [0.5, 0.6) is 0 Å². The van der Waals surface area contributed by atoms with Gasteiger partial charge in [-0.15, -0.1) is 0 Å². The molecule has 0 aromatic carbocycles. The number of likely N-dealkylation sites (tertiary alicyclic amines) is 1. The van der Waals surface area contributed by atoms with E-state index in [1.807, 2.05) is 19.1 Å². The summed E-state index contributed by atoms with van der Waals surface area (Å²) in [6, 6.07) is 3.51. The number of aliphatic carboxylic acids is 1. The highest BCUT2D eigenvalue weighted by Gasteiger charge is 2.35. The molecule has 6 heteroatoms. The Morgan fingerprint density at radius 2 is 2.32 bits per heavy atom. The molecule has 2 N–H and O–H groups in total. The summed E-state index contributed by atoms with van der Waals surface area (Å²) in [6.45, 7) is 2.46. The number of fused-ring (bicyclic) bond motifs is 1. The van der Waals surface area contributed by atoms with Gasteiger partial charge in [-0.2, -0.15) is 0 Å². The first kappa shape index (κ1) is 14.6. The highest BCUT2D eigenvalue weighted by Crippen LogP contribution is 2.25. The summed E-state index contributed by atoms with van der Waals surface area (Å²) >= 11 is 0. The van der Waals surface area contributed by atoms with Crippen LogP contribution in [-0.2, 0) is 16.0 Å². The summed E-state index contributed by atoms with van der Waals surface area (Å²) in [7, 11) is 0. The van der Waals surface area contributed by atoms with Gasteiger partial charge < -0.3 is 15.0 Å². The van der Waals surface area contributed by atoms with Gasteiger partial charge in [0.2, 0.25) is 5.91 Å². The van der Waals surface area contributed by atoms with Crippen molar-refractivity contribution in [3.8, 4) is 0 Å². The summed E-state index contributed by atoms with van der Waals surface area (Å²) in [4.78, 5) is 32.8. The smallest absolute Gasteiger partial charge is 0.308 e. The normalized spacial score (nSPS) is 22.0. The Morgan fingerprint density at radius 3 is 3.09 bits per heavy atom. The van der Waals surface area contributed by atoms with Gasteiger partial charge in [-0.1, -0.05) is 0 Å². The zero-order valence-corrected chi connectivity index (χ0v) is 12.5. The van der Waals surface area contributed by atoms with E-state index in [9.17, 15) is 14.7 Å². The van der Waals surface area contributed by atoms with Gasteiger partial charge in [0.15, 0.2) is 0 Å². The molecule has 0 bridgehead atoms. The molecular weight excluding hydrogens is 282 g/mol. The molecule has 3 heterocycles. The van der Waals surface area contributed by atoms with Crippen molar-refractivity contribution in [2.75, 3.05) is 6.54 Å². The lowest BCUT2D eigenvalue weighted by Gasteiger charge is -2.37. The molecular formula is C16H19N3O3. The minimum absolute atomic E-state index is 0.0248. The van der Waals surface area contributed by atoms with Crippen molar-refractivity contribution in [3.63, 3.8) is 0 Å². The van der Waals surface area contributed by atoms with Crippen molar-refractivity contribution < 1.29 is 14.7 Å². The zero-order chi connectivity index (χ0) is 15.7. The number of H-pyrrole nitrogens is 1. The molecule has 1 aliphatic heterocycles. The molecule has 1 aliphatic rings. The van der Waals surface area contributed by atoms with Crippen molar-refractivity contribution >= 4 is 22.9 Å². The fourth-order valence-electron chi connectivity index (χ4n) is 3.25. The van der Waals surface area contributed by atoms with Crippen LogP contribution >= 0.6 is 0 Å². The summed E-state index contributed by atoms with van der Waals surface area (Å²) in [5.41, 5.74) is 1.66. The number of aromatic amines is 1. The van der Waals surface area contributed by atoms with E-state index in [1.165, 1.54) is 0 Å². The van der Waals surface area contributed by atoms with E-state index in [4.69, 9.17) is 0 Å². The third-order valence-electron chi connectivity index (χ3n) is 4.50. The molecule has 0 saturated carbocycles. The van der Waals surface area contributed by atoms with E-state index in [1.54, 1.807) is 17.3 Å². The van der Waals surface area contributed by atoms with Crippen LogP contribution < -0.4 is 0 Å². The highest BCUT2D eigenvalue weighted by molar-refractivity contribution is 5.87. The summed E-state index contributed by atoms with van der Waals surface area (Å²) in [5.74, 6) is -1.31. The van der Waals surface area contributed by atoms with Crippen molar-refractivity contribution in [1.82, 2.24) is 14.9 Å². The third-order valence-corrected chi connectivity index (χ3v) is 4.50. The number of pyridine rings is 1. The van der Waals surface area contributed by atoms with Gasteiger partial charge in [0.1, 0.15) is 5.65 Å². The quantitative estimate of drug-likeness (QED) is 0.905. The van der Waals surface area contributed by atoms with Crippen LogP contribution in [0, 0.1) is 5.92 Å². The molecule has 2 aromatic rings. The van der Waals surface area contributed by atoms with Gasteiger partial charge in [-0.25, -0.2) is 4.98 Å². The molecule has 6 nitrogen and oxygen atoms in total. The number of hydrogen-bond donors (Lipinski definition) is 2. The van der Waals surface area contributed by atoms with Crippen molar-refractivity contribution in [2.24, 2.45) is 5.92 Å². The number of nitrogens with zero attached hydrogens (tertiary/aromatic N) is 2. The number of amides is 1. The molecule has 2 aromatic heterocycles. The second-order valence-electron chi connectivity index (χ2n) is 5.80. The van der Waals surface area contributed by atoms with E-state index in [2.05, 4.69) is 9.97 Å². The maximum Gasteiger partial charge on any atom is 0.308 e. The van der Waals surface area contributed by atoms with E-state index < -0.39 is 11.9 Å². The predicted molar refractivity (Wildman–Crippen MR) is 81.3 cm³/mol. The zero-order valence-electron chi connectivity index (χ0n) is 12.5. The maximum atomic E-state index is 12.6. The Kier molecular flexibility index (Phi) is 3.83. The number of carboxylic acid groups (broad SMARTS) is 1. The highest BCUT2D eigenvalue weighted by atomic mass is 16.4. The molecule has 0 spiro atoms. The van der Waals surface area contributed by atoms with E-state index in [0.29, 0.717) is 13.0 Å². The fraction of sp³-hybridized carbons (Fsp3) is 0.438. The molecule has 116 valence electrons. The molecule has 22 heavy (non-hydrogen) atoms. The number of carboxylic acids is 1. The Balaban J connectivity index is 1.78. The van der Waals surface area contributed by atoms with Crippen LogP contribution in [0.15, 0.2) is 24.5 Å². The van der Waals surface area contributed by atoms with Gasteiger partial charge in [0.25, 0.3) is 0 Å². The van der Waals surface area contributed by atoms with Crippen LogP contribution in [0.25, 0.3) is 11.0 Å². The number of nitrogens with one attached hydrogen (secondary N) is 1. The maximum absolute atomic E-state index is 12.6. The van der Waals surface area contributed by atoms with Crippen LogP contribution in [0.4, 0.5) is 0 Å². The lowest BCUT2D eigenvalue weighted by atomic mass is 9.90. The minimum Gasteiger partial charge on any atom is -0.481 e. The Hall–Kier alpha value is -2.37. The molecule has 0 aliphatic carbocycles. The predicted octanol–water partition coefficient (Wildman–Crippen LogP) is 1.82. The fourth-order valence-corrected chi connectivity index (χ4v) is 3.25. The number of rotatable bonds is 3. The average molecular weight is 301 g/mol. The van der Waals surface area contributed by atoms with Crippen LogP contribution in [0.1, 0.15) is 25.3 Å². The molecule has 1 amide bonds. The molecule has 1 saturated heterocycles. The van der Waals surface area contributed by atoms with Gasteiger partial charge in [0.05, 0.1) is 12.3 Å². The number of carbonyl (C=O) groups is 2. The minimum atomic E-state index is -0.818. The summed E-state index contributed by atoms with van der Waals surface area (Å²) < 4.78 is 0. The van der Waals surface area contributed by atoms with Gasteiger partial charge in [-0.3, -0.25) is 9.59 Å². The molecule has 1 fully saturated rings. The standard InChI is InChI=1S/C16H19N3O3/c1-10-12(16(21)22)5-3-7-19(10)14(20)8-11-9-18-15-13(11)4-2-6-17-15/h2,4,6,9-10,12H,3,5,7-8H2,1H3,(H,17,18)(H,21,22)/t10-,12-/m1/s1. The second kappa shape index (κ2) is 5.79. The number of hydrogen-bond acceptors (Lipinski definition) is 3. The Bertz CT molecular complexity index is 709. The van der Waals surface area contributed by atoms with E-state index in [-0.39, 0.29) is 18.4 Å². The van der Waals surface area contributed by atoms with Gasteiger partial charge in [0, 0.05) is 30.4 Å². The third kappa shape index (κ3) is 2.56. The van der Waals surface area contributed by atoms with Gasteiger partial charge in [-0.05, 0) is 37.5 Å². The first-order valence-electron chi connectivity index (χ1n) is 7.51. The number of aromatic nitrogens is 2. The Labute approximate surface area is 128 Å². The van der Waals surface area contributed by atoms with Crippen molar-refractivity contribution in [1.29, 1.82) is 0 Å². The van der Waals surface area contributed by atoms with Crippen molar-refractivity contribution in [2.45, 2.75) is 32.2 Å². The Morgan fingerprint density at radius 1 is 1.50 bits per heavy atom. The summed E-state index contributed by atoms with van der Waals surface area (Å²) in [5, 5.41) is 10.2. The summed E-state index contributed by atoms with van der Waals surface area (Å²) in [6.07, 6.45) is 5.15. The SMILES string of the molecule is C[C@@H]1[C@H](C(=O)O)CCCN1C(=O)Cc1c[nH]c2ncccc12. The van der Waals surface area contributed by atoms with Crippen LogP contribution in [0.3, 0.4) is 0 Å². The topological polar surface area (TPSA) is 86.3 Å². The monoisotopic (exact) mass is 301 g/mol. The van der Waals surface area contributed by atoms with Crippen molar-refractivity contribution in [3.05, 3.63) is 30.1 Å². The lowest BCUT2D eigenvalue weighted by Crippen LogP contribution is -2.49. The first-order valence-corrected chi connectivity index (χ1v) is 7.51. The second-order valence-corrected chi connectivity index (χ2v) is 5.80. The molecule has 0 unspecified atom stereocenters. The van der Waals surface area contributed by atoms with E-state index in [0.717, 1.165) is 23.0 Å².